The van der Waals surface area contributed by atoms with Crippen LogP contribution in [0.25, 0.3) is 11.5 Å². The van der Waals surface area contributed by atoms with E-state index in [9.17, 15) is 4.79 Å². The van der Waals surface area contributed by atoms with Crippen molar-refractivity contribution in [3.05, 3.63) is 65.5 Å². The molecule has 0 saturated carbocycles. The maximum Gasteiger partial charge on any atom is 0.227 e. The molecule has 1 N–H and O–H groups in total. The molecule has 0 radical (unpaired) electrons. The van der Waals surface area contributed by atoms with Crippen molar-refractivity contribution < 1.29 is 13.9 Å². The lowest BCUT2D eigenvalue weighted by Gasteiger charge is -2.30. The van der Waals surface area contributed by atoms with Crippen molar-refractivity contribution in [1.29, 1.82) is 0 Å². The summed E-state index contributed by atoms with van der Waals surface area (Å²) in [5, 5.41) is 3.10. The average Bonchev–Trinajstić information content (AvgIpc) is 3.23. The number of oxazole rings is 1. The molecular formula is C28H35N3O3. The molecule has 6 heteroatoms. The largest absolute Gasteiger partial charge is 0.494 e. The van der Waals surface area contributed by atoms with E-state index in [1.54, 1.807) is 0 Å². The molecule has 1 aliphatic heterocycles. The van der Waals surface area contributed by atoms with Gasteiger partial charge in [0, 0.05) is 23.7 Å². The number of nitrogens with zero attached hydrogens (tertiary/aromatic N) is 2. The van der Waals surface area contributed by atoms with Crippen molar-refractivity contribution >= 4 is 11.6 Å². The minimum Gasteiger partial charge on any atom is -0.494 e. The van der Waals surface area contributed by atoms with E-state index in [1.165, 1.54) is 5.56 Å². The highest BCUT2D eigenvalue weighted by Gasteiger charge is 2.26. The fourth-order valence-corrected chi connectivity index (χ4v) is 4.29. The SMILES string of the molecule is CCCOc1ccc(-c2nc(CN3CCC(C(=O)Nc4cccc(CC)c4)CC3)c(C)o2)cc1. The molecule has 1 aliphatic rings. The molecule has 0 atom stereocenters. The lowest BCUT2D eigenvalue weighted by atomic mass is 9.95. The van der Waals surface area contributed by atoms with Gasteiger partial charge in [0.25, 0.3) is 0 Å². The summed E-state index contributed by atoms with van der Waals surface area (Å²) in [6, 6.07) is 16.0. The van der Waals surface area contributed by atoms with Crippen molar-refractivity contribution in [3.63, 3.8) is 0 Å². The number of piperidine rings is 1. The van der Waals surface area contributed by atoms with Gasteiger partial charge in [-0.15, -0.1) is 0 Å². The molecule has 1 saturated heterocycles. The van der Waals surface area contributed by atoms with Crippen LogP contribution in [0.2, 0.25) is 0 Å². The second kappa shape index (κ2) is 11.3. The van der Waals surface area contributed by atoms with Crippen LogP contribution in [-0.2, 0) is 17.8 Å². The zero-order valence-electron chi connectivity index (χ0n) is 20.5. The topological polar surface area (TPSA) is 67.6 Å². The number of amides is 1. The number of hydrogen-bond acceptors (Lipinski definition) is 5. The number of aryl methyl sites for hydroxylation is 2. The molecule has 3 aromatic rings. The molecule has 0 unspecified atom stereocenters. The monoisotopic (exact) mass is 461 g/mol. The standard InChI is InChI=1S/C28H35N3O3/c1-4-17-33-25-11-9-23(10-12-25)28-30-26(20(3)34-28)19-31-15-13-22(14-16-31)27(32)29-24-8-6-7-21(5-2)18-24/h6-12,18,22H,4-5,13-17,19H2,1-3H3,(H,29,32). The van der Waals surface area contributed by atoms with E-state index >= 15 is 0 Å². The molecule has 0 aliphatic carbocycles. The normalized spacial score (nSPS) is 14.8. The molecule has 1 fully saturated rings. The fraction of sp³-hybridized carbons (Fsp3) is 0.429. The zero-order chi connectivity index (χ0) is 23.9. The minimum absolute atomic E-state index is 0.0453. The smallest absolute Gasteiger partial charge is 0.227 e. The van der Waals surface area contributed by atoms with Gasteiger partial charge >= 0.3 is 0 Å². The van der Waals surface area contributed by atoms with Gasteiger partial charge in [-0.25, -0.2) is 4.98 Å². The quantitative estimate of drug-likeness (QED) is 0.433. The first-order valence-corrected chi connectivity index (χ1v) is 12.4. The van der Waals surface area contributed by atoms with E-state index in [2.05, 4.69) is 36.2 Å². The van der Waals surface area contributed by atoms with Crippen LogP contribution >= 0.6 is 0 Å². The predicted octanol–water partition coefficient (Wildman–Crippen LogP) is 5.85. The summed E-state index contributed by atoms with van der Waals surface area (Å²) >= 11 is 0. The van der Waals surface area contributed by atoms with E-state index in [4.69, 9.17) is 14.1 Å². The molecule has 180 valence electrons. The number of carbonyl (C=O) groups excluding carboxylic acids is 1. The molecular weight excluding hydrogens is 426 g/mol. The van der Waals surface area contributed by atoms with Crippen LogP contribution in [0.4, 0.5) is 5.69 Å². The molecule has 2 heterocycles. The maximum atomic E-state index is 12.8. The molecule has 34 heavy (non-hydrogen) atoms. The number of hydrogen-bond donors (Lipinski definition) is 1. The third-order valence-corrected chi connectivity index (χ3v) is 6.40. The van der Waals surface area contributed by atoms with Crippen LogP contribution in [0.15, 0.2) is 52.9 Å². The first kappa shape index (κ1) is 24.0. The summed E-state index contributed by atoms with van der Waals surface area (Å²) in [5.74, 6) is 2.51. The summed E-state index contributed by atoms with van der Waals surface area (Å²) in [6.07, 6.45) is 3.65. The van der Waals surface area contributed by atoms with Crippen LogP contribution in [-0.4, -0.2) is 35.5 Å². The van der Waals surface area contributed by atoms with Gasteiger partial charge in [-0.05, 0) is 87.7 Å². The van der Waals surface area contributed by atoms with Crippen LogP contribution in [0, 0.1) is 12.8 Å². The Hall–Kier alpha value is -3.12. The maximum absolute atomic E-state index is 12.8. The van der Waals surface area contributed by atoms with Crippen LogP contribution in [0.5, 0.6) is 5.75 Å². The molecule has 0 bridgehead atoms. The number of anilines is 1. The Morgan fingerprint density at radius 3 is 2.62 bits per heavy atom. The van der Waals surface area contributed by atoms with Gasteiger partial charge in [0.1, 0.15) is 11.5 Å². The highest BCUT2D eigenvalue weighted by Crippen LogP contribution is 2.26. The summed E-state index contributed by atoms with van der Waals surface area (Å²) in [4.78, 5) is 19.9. The third-order valence-electron chi connectivity index (χ3n) is 6.40. The highest BCUT2D eigenvalue weighted by molar-refractivity contribution is 5.92. The Bertz CT molecular complexity index is 1080. The van der Waals surface area contributed by atoms with Gasteiger partial charge in [0.05, 0.1) is 12.3 Å². The van der Waals surface area contributed by atoms with Gasteiger partial charge in [-0.2, -0.15) is 0 Å². The first-order valence-electron chi connectivity index (χ1n) is 12.4. The highest BCUT2D eigenvalue weighted by atomic mass is 16.5. The zero-order valence-corrected chi connectivity index (χ0v) is 20.5. The number of benzene rings is 2. The van der Waals surface area contributed by atoms with Gasteiger partial charge in [0.15, 0.2) is 0 Å². The Morgan fingerprint density at radius 1 is 1.15 bits per heavy atom. The summed E-state index contributed by atoms with van der Waals surface area (Å²) in [7, 11) is 0. The van der Waals surface area contributed by atoms with Crippen molar-refractivity contribution in [2.45, 2.75) is 53.0 Å². The molecule has 4 rings (SSSR count). The van der Waals surface area contributed by atoms with Crippen LogP contribution in [0.1, 0.15) is 50.1 Å². The number of aromatic nitrogens is 1. The van der Waals surface area contributed by atoms with E-state index in [0.29, 0.717) is 12.5 Å². The Balaban J connectivity index is 1.30. The number of likely N-dealkylation sites (tertiary alicyclic amines) is 1. The Kier molecular flexibility index (Phi) is 8.01. The number of carbonyl (C=O) groups is 1. The van der Waals surface area contributed by atoms with Crippen molar-refractivity contribution in [2.75, 3.05) is 25.0 Å². The summed E-state index contributed by atoms with van der Waals surface area (Å²) in [5.41, 5.74) is 4.03. The first-order chi connectivity index (χ1) is 16.6. The summed E-state index contributed by atoms with van der Waals surface area (Å²) in [6.45, 7) is 9.38. The van der Waals surface area contributed by atoms with Gasteiger partial charge in [-0.1, -0.05) is 26.0 Å². The van der Waals surface area contributed by atoms with Crippen LogP contribution < -0.4 is 10.1 Å². The molecule has 2 aromatic carbocycles. The van der Waals surface area contributed by atoms with E-state index in [1.807, 2.05) is 43.3 Å². The molecule has 0 spiro atoms. The average molecular weight is 462 g/mol. The minimum atomic E-state index is 0.0453. The lowest BCUT2D eigenvalue weighted by molar-refractivity contribution is -0.121. The van der Waals surface area contributed by atoms with Crippen molar-refractivity contribution in [2.24, 2.45) is 5.92 Å². The third kappa shape index (κ3) is 6.06. The number of rotatable bonds is 9. The number of ether oxygens (including phenoxy) is 1. The van der Waals surface area contributed by atoms with Crippen molar-refractivity contribution in [1.82, 2.24) is 9.88 Å². The van der Waals surface area contributed by atoms with E-state index < -0.39 is 0 Å². The van der Waals surface area contributed by atoms with Gasteiger partial charge < -0.3 is 14.5 Å². The van der Waals surface area contributed by atoms with Crippen molar-refractivity contribution in [3.8, 4) is 17.2 Å². The Labute approximate surface area is 202 Å². The molecule has 1 aromatic heterocycles. The molecule has 6 nitrogen and oxygen atoms in total. The molecule has 1 amide bonds. The predicted molar refractivity (Wildman–Crippen MR) is 135 cm³/mol. The van der Waals surface area contributed by atoms with E-state index in [-0.39, 0.29) is 11.8 Å². The summed E-state index contributed by atoms with van der Waals surface area (Å²) < 4.78 is 11.6. The second-order valence-electron chi connectivity index (χ2n) is 8.99. The van der Waals surface area contributed by atoms with Gasteiger partial charge in [0.2, 0.25) is 11.8 Å². The van der Waals surface area contributed by atoms with Gasteiger partial charge in [-0.3, -0.25) is 9.69 Å². The second-order valence-corrected chi connectivity index (χ2v) is 8.99. The lowest BCUT2D eigenvalue weighted by Crippen LogP contribution is -2.38. The fourth-order valence-electron chi connectivity index (χ4n) is 4.29. The number of nitrogens with one attached hydrogen (secondary N) is 1. The van der Waals surface area contributed by atoms with Crippen LogP contribution in [0.3, 0.4) is 0 Å². The van der Waals surface area contributed by atoms with E-state index in [0.717, 1.165) is 73.8 Å². The Morgan fingerprint density at radius 2 is 1.91 bits per heavy atom.